The van der Waals surface area contributed by atoms with Gasteiger partial charge in [0.05, 0.1) is 0 Å². The van der Waals surface area contributed by atoms with Gasteiger partial charge >= 0.3 is 0 Å². The second kappa shape index (κ2) is 9.28. The van der Waals surface area contributed by atoms with Gasteiger partial charge in [0.15, 0.2) is 13.2 Å². The first kappa shape index (κ1) is 20.6. The average Bonchev–Trinajstić information content (AvgIpc) is 2.63. The van der Waals surface area contributed by atoms with Crippen molar-refractivity contribution in [3.8, 4) is 11.5 Å². The van der Waals surface area contributed by atoms with Crippen LogP contribution in [0.3, 0.4) is 0 Å². The van der Waals surface area contributed by atoms with Crippen molar-refractivity contribution in [2.24, 2.45) is 0 Å². The summed E-state index contributed by atoms with van der Waals surface area (Å²) in [6.07, 6.45) is 0. The maximum atomic E-state index is 11.9. The number of carbonyl (C=O) groups is 2. The fraction of sp³-hybridized carbons (Fsp3) is 0.300. The highest BCUT2D eigenvalue weighted by molar-refractivity contribution is 6.30. The zero-order valence-corrected chi connectivity index (χ0v) is 16.3. The Labute approximate surface area is 163 Å². The largest absolute Gasteiger partial charge is 0.484 e. The van der Waals surface area contributed by atoms with E-state index in [4.69, 9.17) is 21.1 Å². The van der Waals surface area contributed by atoms with Crippen molar-refractivity contribution in [3.05, 3.63) is 59.1 Å². The standard InChI is InChI=1S/C20H23ClN2O4/c1-20(2,3)16-6-4-5-7-17(16)27-13-19(25)23-22-18(24)12-26-15-10-8-14(21)9-11-15/h4-11H,12-13H2,1-3H3,(H,22,24)(H,23,25). The van der Waals surface area contributed by atoms with Crippen LogP contribution < -0.4 is 20.3 Å². The van der Waals surface area contributed by atoms with Crippen LogP contribution in [0.1, 0.15) is 26.3 Å². The molecule has 144 valence electrons. The molecule has 27 heavy (non-hydrogen) atoms. The second-order valence-electron chi connectivity index (χ2n) is 6.87. The van der Waals surface area contributed by atoms with Gasteiger partial charge in [-0.15, -0.1) is 0 Å². The average molecular weight is 391 g/mol. The van der Waals surface area contributed by atoms with Crippen molar-refractivity contribution >= 4 is 23.4 Å². The van der Waals surface area contributed by atoms with Gasteiger partial charge in [0.2, 0.25) is 0 Å². The number of para-hydroxylation sites is 1. The molecule has 2 aromatic rings. The fourth-order valence-corrected chi connectivity index (χ4v) is 2.37. The molecule has 0 radical (unpaired) electrons. The lowest BCUT2D eigenvalue weighted by atomic mass is 9.86. The fourth-order valence-electron chi connectivity index (χ4n) is 2.25. The molecule has 0 spiro atoms. The minimum atomic E-state index is -0.492. The van der Waals surface area contributed by atoms with E-state index in [1.165, 1.54) is 0 Å². The van der Waals surface area contributed by atoms with Gasteiger partial charge in [0.1, 0.15) is 11.5 Å². The third kappa shape index (κ3) is 6.83. The number of benzene rings is 2. The first-order chi connectivity index (χ1) is 12.8. The Morgan fingerprint density at radius 3 is 2.04 bits per heavy atom. The number of hydrazine groups is 1. The summed E-state index contributed by atoms with van der Waals surface area (Å²) in [5, 5.41) is 0.576. The first-order valence-electron chi connectivity index (χ1n) is 8.44. The highest BCUT2D eigenvalue weighted by Crippen LogP contribution is 2.30. The zero-order chi connectivity index (χ0) is 19.9. The monoisotopic (exact) mass is 390 g/mol. The molecular formula is C20H23ClN2O4. The van der Waals surface area contributed by atoms with Crippen LogP contribution in [0.25, 0.3) is 0 Å². The van der Waals surface area contributed by atoms with Gasteiger partial charge in [0.25, 0.3) is 11.8 Å². The van der Waals surface area contributed by atoms with Gasteiger partial charge < -0.3 is 9.47 Å². The van der Waals surface area contributed by atoms with Gasteiger partial charge in [0, 0.05) is 5.02 Å². The van der Waals surface area contributed by atoms with E-state index in [1.807, 2.05) is 24.3 Å². The molecular weight excluding hydrogens is 368 g/mol. The van der Waals surface area contributed by atoms with E-state index >= 15 is 0 Å². The highest BCUT2D eigenvalue weighted by atomic mass is 35.5. The summed E-state index contributed by atoms with van der Waals surface area (Å²) in [7, 11) is 0. The quantitative estimate of drug-likeness (QED) is 0.742. The van der Waals surface area contributed by atoms with Gasteiger partial charge in [-0.1, -0.05) is 50.6 Å². The van der Waals surface area contributed by atoms with E-state index in [-0.39, 0.29) is 18.6 Å². The number of hydrogen-bond donors (Lipinski definition) is 2. The first-order valence-corrected chi connectivity index (χ1v) is 8.82. The molecule has 7 heteroatoms. The van der Waals surface area contributed by atoms with Crippen LogP contribution in [0, 0.1) is 0 Å². The topological polar surface area (TPSA) is 76.7 Å². The molecule has 0 aliphatic heterocycles. The van der Waals surface area contributed by atoms with Gasteiger partial charge in [-0.3, -0.25) is 20.4 Å². The van der Waals surface area contributed by atoms with Crippen LogP contribution in [0.2, 0.25) is 5.02 Å². The third-order valence-corrected chi connectivity index (χ3v) is 3.83. The number of rotatable bonds is 6. The van der Waals surface area contributed by atoms with Gasteiger partial charge in [-0.25, -0.2) is 0 Å². The summed E-state index contributed by atoms with van der Waals surface area (Å²) in [4.78, 5) is 23.6. The Kier molecular flexibility index (Phi) is 7.07. The molecule has 0 atom stereocenters. The van der Waals surface area contributed by atoms with E-state index in [1.54, 1.807) is 24.3 Å². The molecule has 0 saturated heterocycles. The lowest BCUT2D eigenvalue weighted by Gasteiger charge is -2.22. The van der Waals surface area contributed by atoms with E-state index in [0.29, 0.717) is 16.5 Å². The van der Waals surface area contributed by atoms with Crippen LogP contribution in [-0.4, -0.2) is 25.0 Å². The van der Waals surface area contributed by atoms with Crippen molar-refractivity contribution in [3.63, 3.8) is 0 Å². The highest BCUT2D eigenvalue weighted by Gasteiger charge is 2.19. The van der Waals surface area contributed by atoms with Crippen LogP contribution >= 0.6 is 11.6 Å². The normalized spacial score (nSPS) is 10.8. The van der Waals surface area contributed by atoms with Crippen molar-refractivity contribution in [2.75, 3.05) is 13.2 Å². The van der Waals surface area contributed by atoms with Crippen LogP contribution in [-0.2, 0) is 15.0 Å². The van der Waals surface area contributed by atoms with Crippen molar-refractivity contribution in [1.29, 1.82) is 0 Å². The molecule has 2 N–H and O–H groups in total. The summed E-state index contributed by atoms with van der Waals surface area (Å²) >= 11 is 5.77. The Bertz CT molecular complexity index is 785. The number of nitrogens with one attached hydrogen (secondary N) is 2. The molecule has 2 aromatic carbocycles. The Morgan fingerprint density at radius 2 is 1.44 bits per heavy atom. The second-order valence-corrected chi connectivity index (χ2v) is 7.31. The number of carbonyl (C=O) groups excluding carboxylic acids is 2. The van der Waals surface area contributed by atoms with Crippen LogP contribution in [0.15, 0.2) is 48.5 Å². The Morgan fingerprint density at radius 1 is 0.889 bits per heavy atom. The predicted octanol–water partition coefficient (Wildman–Crippen LogP) is 3.24. The minimum Gasteiger partial charge on any atom is -0.484 e. The van der Waals surface area contributed by atoms with Gasteiger partial charge in [-0.05, 0) is 41.3 Å². The molecule has 0 aliphatic rings. The summed E-state index contributed by atoms with van der Waals surface area (Å²) in [6, 6.07) is 14.2. The maximum absolute atomic E-state index is 11.9. The van der Waals surface area contributed by atoms with E-state index in [2.05, 4.69) is 31.6 Å². The Hall–Kier alpha value is -2.73. The molecule has 0 aliphatic carbocycles. The molecule has 2 rings (SSSR count). The van der Waals surface area contributed by atoms with Gasteiger partial charge in [-0.2, -0.15) is 0 Å². The lowest BCUT2D eigenvalue weighted by Crippen LogP contribution is -2.45. The number of halogens is 1. The van der Waals surface area contributed by atoms with E-state index in [0.717, 1.165) is 5.56 Å². The van der Waals surface area contributed by atoms with Crippen LogP contribution in [0.4, 0.5) is 0 Å². The number of ether oxygens (including phenoxy) is 2. The van der Waals surface area contributed by atoms with E-state index in [9.17, 15) is 9.59 Å². The van der Waals surface area contributed by atoms with Crippen LogP contribution in [0.5, 0.6) is 11.5 Å². The third-order valence-electron chi connectivity index (χ3n) is 3.58. The minimum absolute atomic E-state index is 0.111. The molecule has 6 nitrogen and oxygen atoms in total. The molecule has 2 amide bonds. The lowest BCUT2D eigenvalue weighted by molar-refractivity contribution is -0.131. The summed E-state index contributed by atoms with van der Waals surface area (Å²) in [5.74, 6) is 0.174. The summed E-state index contributed by atoms with van der Waals surface area (Å²) in [5.41, 5.74) is 5.45. The predicted molar refractivity (Wildman–Crippen MR) is 104 cm³/mol. The smallest absolute Gasteiger partial charge is 0.276 e. The molecule has 0 unspecified atom stereocenters. The van der Waals surface area contributed by atoms with Crippen molar-refractivity contribution in [2.45, 2.75) is 26.2 Å². The molecule has 0 bridgehead atoms. The molecule has 0 saturated carbocycles. The maximum Gasteiger partial charge on any atom is 0.276 e. The summed E-state index contributed by atoms with van der Waals surface area (Å²) < 4.78 is 10.9. The number of amides is 2. The summed E-state index contributed by atoms with van der Waals surface area (Å²) in [6.45, 7) is 5.74. The van der Waals surface area contributed by atoms with Crippen molar-refractivity contribution in [1.82, 2.24) is 10.9 Å². The molecule has 0 fully saturated rings. The molecule has 0 aromatic heterocycles. The Balaban J connectivity index is 1.75. The zero-order valence-electron chi connectivity index (χ0n) is 15.5. The van der Waals surface area contributed by atoms with Crippen molar-refractivity contribution < 1.29 is 19.1 Å². The van der Waals surface area contributed by atoms with E-state index < -0.39 is 11.8 Å². The molecule has 0 heterocycles. The number of hydrogen-bond acceptors (Lipinski definition) is 4. The SMILES string of the molecule is CC(C)(C)c1ccccc1OCC(=O)NNC(=O)COc1ccc(Cl)cc1.